The summed E-state index contributed by atoms with van der Waals surface area (Å²) < 4.78 is 48.4. The molecule has 3 rings (SSSR count). The van der Waals surface area contributed by atoms with Crippen LogP contribution in [0.1, 0.15) is 29.0 Å². The van der Waals surface area contributed by atoms with Crippen molar-refractivity contribution in [1.29, 1.82) is 0 Å². The van der Waals surface area contributed by atoms with Gasteiger partial charge in [-0.2, -0.15) is 13.2 Å². The van der Waals surface area contributed by atoms with E-state index in [0.29, 0.717) is 6.54 Å². The maximum atomic E-state index is 12.5. The van der Waals surface area contributed by atoms with Gasteiger partial charge in [0.2, 0.25) is 5.88 Å². The summed E-state index contributed by atoms with van der Waals surface area (Å²) in [5.74, 6) is 1.02. The molecule has 1 aliphatic heterocycles. The van der Waals surface area contributed by atoms with E-state index in [4.69, 9.17) is 9.26 Å². The SMILES string of the molecule is Cc1noc(C)c1CN1CCC(Oc2ccc(C(F)(F)F)cn2)C1. The van der Waals surface area contributed by atoms with Crippen molar-refractivity contribution in [3.8, 4) is 5.88 Å². The van der Waals surface area contributed by atoms with E-state index < -0.39 is 11.7 Å². The number of pyridine rings is 1. The number of hydrogen-bond acceptors (Lipinski definition) is 5. The predicted octanol–water partition coefficient (Wildman–Crippen LogP) is 3.36. The second kappa shape index (κ2) is 6.43. The second-order valence-corrected chi connectivity index (χ2v) is 5.95. The number of nitrogens with zero attached hydrogens (tertiary/aromatic N) is 3. The molecule has 3 heterocycles. The van der Waals surface area contributed by atoms with Gasteiger partial charge in [-0.3, -0.25) is 4.90 Å². The summed E-state index contributed by atoms with van der Waals surface area (Å²) in [5, 5.41) is 3.94. The maximum Gasteiger partial charge on any atom is 0.417 e. The topological polar surface area (TPSA) is 51.4 Å². The van der Waals surface area contributed by atoms with E-state index in [0.717, 1.165) is 48.8 Å². The second-order valence-electron chi connectivity index (χ2n) is 5.95. The summed E-state index contributed by atoms with van der Waals surface area (Å²) in [6.07, 6.45) is -2.88. The fourth-order valence-corrected chi connectivity index (χ4v) is 2.78. The number of rotatable bonds is 4. The minimum Gasteiger partial charge on any atom is -0.473 e. The molecule has 8 heteroatoms. The Kier molecular flexibility index (Phi) is 4.49. The fourth-order valence-electron chi connectivity index (χ4n) is 2.78. The van der Waals surface area contributed by atoms with Crippen LogP contribution in [0.15, 0.2) is 22.9 Å². The van der Waals surface area contributed by atoms with Crippen molar-refractivity contribution in [3.05, 3.63) is 40.9 Å². The lowest BCUT2D eigenvalue weighted by Crippen LogP contribution is -2.25. The molecule has 24 heavy (non-hydrogen) atoms. The quantitative estimate of drug-likeness (QED) is 0.853. The Morgan fingerprint density at radius 2 is 2.12 bits per heavy atom. The van der Waals surface area contributed by atoms with Crippen LogP contribution in [0.25, 0.3) is 0 Å². The largest absolute Gasteiger partial charge is 0.473 e. The standard InChI is InChI=1S/C16H18F3N3O2/c1-10-14(11(2)24-21-10)9-22-6-5-13(8-22)23-15-4-3-12(7-20-15)16(17,18)19/h3-4,7,13H,5-6,8-9H2,1-2H3. The molecule has 1 fully saturated rings. The molecule has 0 N–H and O–H groups in total. The van der Waals surface area contributed by atoms with Gasteiger partial charge in [0.25, 0.3) is 0 Å². The van der Waals surface area contributed by atoms with Crippen LogP contribution in [0.3, 0.4) is 0 Å². The smallest absolute Gasteiger partial charge is 0.417 e. The Balaban J connectivity index is 1.56. The fraction of sp³-hybridized carbons (Fsp3) is 0.500. The number of hydrogen-bond donors (Lipinski definition) is 0. The van der Waals surface area contributed by atoms with Gasteiger partial charge in [-0.25, -0.2) is 4.98 Å². The third-order valence-electron chi connectivity index (χ3n) is 4.14. The van der Waals surface area contributed by atoms with E-state index in [2.05, 4.69) is 15.0 Å². The molecule has 2 aromatic heterocycles. The molecule has 5 nitrogen and oxygen atoms in total. The minimum atomic E-state index is -4.38. The van der Waals surface area contributed by atoms with Gasteiger partial charge in [0.05, 0.1) is 11.3 Å². The number of likely N-dealkylation sites (tertiary alicyclic amines) is 1. The number of alkyl halides is 3. The highest BCUT2D eigenvalue weighted by Crippen LogP contribution is 2.29. The summed E-state index contributed by atoms with van der Waals surface area (Å²) in [7, 11) is 0. The van der Waals surface area contributed by atoms with Gasteiger partial charge in [-0.15, -0.1) is 0 Å². The van der Waals surface area contributed by atoms with Crippen molar-refractivity contribution in [3.63, 3.8) is 0 Å². The summed E-state index contributed by atoms with van der Waals surface area (Å²) >= 11 is 0. The van der Waals surface area contributed by atoms with Crippen molar-refractivity contribution in [2.75, 3.05) is 13.1 Å². The van der Waals surface area contributed by atoms with Crippen LogP contribution < -0.4 is 4.74 Å². The van der Waals surface area contributed by atoms with Gasteiger partial charge in [0.15, 0.2) is 0 Å². The molecule has 0 bridgehead atoms. The first-order chi connectivity index (χ1) is 11.3. The molecule has 0 aromatic carbocycles. The van der Waals surface area contributed by atoms with Gasteiger partial charge in [0, 0.05) is 37.5 Å². The average molecular weight is 341 g/mol. The van der Waals surface area contributed by atoms with Crippen LogP contribution in [0.4, 0.5) is 13.2 Å². The van der Waals surface area contributed by atoms with Gasteiger partial charge in [0.1, 0.15) is 11.9 Å². The molecule has 0 amide bonds. The normalized spacial score (nSPS) is 19.0. The number of aromatic nitrogens is 2. The van der Waals surface area contributed by atoms with Crippen molar-refractivity contribution in [2.24, 2.45) is 0 Å². The van der Waals surface area contributed by atoms with E-state index in [1.807, 2.05) is 13.8 Å². The van der Waals surface area contributed by atoms with E-state index in [-0.39, 0.29) is 12.0 Å². The molecule has 1 saturated heterocycles. The molecule has 0 aliphatic carbocycles. The molecule has 0 radical (unpaired) electrons. The Labute approximate surface area is 137 Å². The maximum absolute atomic E-state index is 12.5. The number of halogens is 3. The summed E-state index contributed by atoms with van der Waals surface area (Å²) in [6.45, 7) is 6.04. The summed E-state index contributed by atoms with van der Waals surface area (Å²) in [4.78, 5) is 5.96. The highest BCUT2D eigenvalue weighted by Gasteiger charge is 2.31. The highest BCUT2D eigenvalue weighted by atomic mass is 19.4. The Morgan fingerprint density at radius 3 is 2.71 bits per heavy atom. The first kappa shape index (κ1) is 16.8. The van der Waals surface area contributed by atoms with Crippen LogP contribution in [0, 0.1) is 13.8 Å². The molecule has 1 atom stereocenters. The zero-order valence-electron chi connectivity index (χ0n) is 13.4. The predicted molar refractivity (Wildman–Crippen MR) is 79.5 cm³/mol. The number of ether oxygens (including phenoxy) is 1. The van der Waals surface area contributed by atoms with E-state index in [9.17, 15) is 13.2 Å². The molecule has 1 unspecified atom stereocenters. The third-order valence-corrected chi connectivity index (χ3v) is 4.14. The zero-order valence-corrected chi connectivity index (χ0v) is 13.4. The van der Waals surface area contributed by atoms with Crippen LogP contribution in [0.5, 0.6) is 5.88 Å². The average Bonchev–Trinajstić information content (AvgIpc) is 3.09. The Hall–Kier alpha value is -2.09. The molecular formula is C16H18F3N3O2. The van der Waals surface area contributed by atoms with Crippen LogP contribution in [-0.2, 0) is 12.7 Å². The zero-order chi connectivity index (χ0) is 17.3. The molecule has 1 aliphatic rings. The van der Waals surface area contributed by atoms with Crippen LogP contribution in [0.2, 0.25) is 0 Å². The molecule has 0 spiro atoms. The minimum absolute atomic E-state index is 0.0882. The first-order valence-electron chi connectivity index (χ1n) is 7.67. The van der Waals surface area contributed by atoms with Crippen molar-refractivity contribution in [1.82, 2.24) is 15.0 Å². The first-order valence-corrected chi connectivity index (χ1v) is 7.67. The van der Waals surface area contributed by atoms with E-state index in [1.165, 1.54) is 6.07 Å². The Bertz CT molecular complexity index is 678. The highest BCUT2D eigenvalue weighted by molar-refractivity contribution is 5.21. The van der Waals surface area contributed by atoms with Crippen molar-refractivity contribution >= 4 is 0 Å². The van der Waals surface area contributed by atoms with Gasteiger partial charge in [-0.05, 0) is 26.3 Å². The van der Waals surface area contributed by atoms with Gasteiger partial charge in [-0.1, -0.05) is 5.16 Å². The van der Waals surface area contributed by atoms with Gasteiger partial charge < -0.3 is 9.26 Å². The molecule has 2 aromatic rings. The van der Waals surface area contributed by atoms with Crippen molar-refractivity contribution in [2.45, 2.75) is 39.1 Å². The Morgan fingerprint density at radius 1 is 1.33 bits per heavy atom. The third kappa shape index (κ3) is 3.69. The van der Waals surface area contributed by atoms with E-state index in [1.54, 1.807) is 0 Å². The summed E-state index contributed by atoms with van der Waals surface area (Å²) in [5.41, 5.74) is 1.17. The molecule has 130 valence electrons. The lowest BCUT2D eigenvalue weighted by Gasteiger charge is -2.16. The monoisotopic (exact) mass is 341 g/mol. The lowest BCUT2D eigenvalue weighted by molar-refractivity contribution is -0.137. The van der Waals surface area contributed by atoms with Crippen LogP contribution in [-0.4, -0.2) is 34.2 Å². The molecular weight excluding hydrogens is 323 g/mol. The van der Waals surface area contributed by atoms with Crippen molar-refractivity contribution < 1.29 is 22.4 Å². The number of aryl methyl sites for hydroxylation is 2. The lowest BCUT2D eigenvalue weighted by atomic mass is 10.2. The van der Waals surface area contributed by atoms with Gasteiger partial charge >= 0.3 is 6.18 Å². The van der Waals surface area contributed by atoms with Crippen LogP contribution >= 0.6 is 0 Å². The summed E-state index contributed by atoms with van der Waals surface area (Å²) in [6, 6.07) is 2.25. The molecule has 0 saturated carbocycles. The van der Waals surface area contributed by atoms with E-state index >= 15 is 0 Å².